The average molecular weight is 498 g/mol. The number of carbonyl (C=O) groups is 5. The lowest BCUT2D eigenvalue weighted by Gasteiger charge is -2.20. The molecule has 2 amide bonds. The van der Waals surface area contributed by atoms with Crippen molar-refractivity contribution in [3.05, 3.63) is 64.7 Å². The van der Waals surface area contributed by atoms with Crippen molar-refractivity contribution in [1.29, 1.82) is 5.41 Å². The molecule has 0 saturated heterocycles. The minimum Gasteiger partial charge on any atom is -0.491 e. The molecule has 0 aliphatic heterocycles. The number of aliphatic carboxylic acids is 2. The van der Waals surface area contributed by atoms with Crippen molar-refractivity contribution < 1.29 is 38.9 Å². The molecule has 0 fully saturated rings. The van der Waals surface area contributed by atoms with E-state index < -0.39 is 42.5 Å². The molecule has 190 valence electrons. The molecule has 0 spiro atoms. The summed E-state index contributed by atoms with van der Waals surface area (Å²) in [5.74, 6) is -5.07. The lowest BCUT2D eigenvalue weighted by molar-refractivity contribution is -0.148. The summed E-state index contributed by atoms with van der Waals surface area (Å²) in [6.07, 6.45) is -1.00. The quantitative estimate of drug-likeness (QED) is 0.157. The van der Waals surface area contributed by atoms with Gasteiger partial charge in [0.15, 0.2) is 0 Å². The number of hydrogen-bond acceptors (Lipinski definition) is 7. The van der Waals surface area contributed by atoms with Crippen LogP contribution in [0.3, 0.4) is 0 Å². The van der Waals surface area contributed by atoms with Gasteiger partial charge in [-0.3, -0.25) is 24.6 Å². The maximum absolute atomic E-state index is 12.7. The smallest absolute Gasteiger partial charge is 0.372 e. The SMILES string of the molecule is CN(C)C(=O)c1ccc(C(=O)N[C@@H](COc2cc(C(=N)N)ccc2CC(=O)C(=O)O)CC(=O)O)cc1. The van der Waals surface area contributed by atoms with Gasteiger partial charge in [-0.25, -0.2) is 4.79 Å². The predicted octanol–water partition coefficient (Wildman–Crippen LogP) is 0.521. The number of Topliss-reactive ketones (excluding diaryl/α,β-unsaturated/α-hetero) is 1. The highest BCUT2D eigenvalue weighted by molar-refractivity contribution is 6.33. The Kier molecular flexibility index (Phi) is 9.25. The first kappa shape index (κ1) is 27.5. The number of nitrogens with one attached hydrogen (secondary N) is 2. The molecule has 0 bridgehead atoms. The maximum Gasteiger partial charge on any atom is 0.372 e. The highest BCUT2D eigenvalue weighted by atomic mass is 16.5. The number of nitrogens with two attached hydrogens (primary N) is 1. The Bertz CT molecular complexity index is 1190. The number of carboxylic acids is 2. The molecule has 0 aromatic heterocycles. The van der Waals surface area contributed by atoms with E-state index in [1.165, 1.54) is 47.4 Å². The van der Waals surface area contributed by atoms with Gasteiger partial charge in [-0.05, 0) is 30.3 Å². The summed E-state index contributed by atoms with van der Waals surface area (Å²) in [4.78, 5) is 60.1. The molecule has 0 aliphatic carbocycles. The van der Waals surface area contributed by atoms with Crippen LogP contribution in [0.4, 0.5) is 0 Å². The average Bonchev–Trinajstić information content (AvgIpc) is 2.82. The molecule has 1 atom stereocenters. The van der Waals surface area contributed by atoms with E-state index in [0.29, 0.717) is 5.56 Å². The van der Waals surface area contributed by atoms with Crippen molar-refractivity contribution in [3.8, 4) is 5.75 Å². The van der Waals surface area contributed by atoms with Crippen LogP contribution in [0.2, 0.25) is 0 Å². The van der Waals surface area contributed by atoms with Gasteiger partial charge in [-0.1, -0.05) is 12.1 Å². The monoisotopic (exact) mass is 498 g/mol. The van der Waals surface area contributed by atoms with Gasteiger partial charge >= 0.3 is 11.9 Å². The Labute approximate surface area is 206 Å². The van der Waals surface area contributed by atoms with Gasteiger partial charge in [0.2, 0.25) is 5.78 Å². The number of benzene rings is 2. The fourth-order valence-corrected chi connectivity index (χ4v) is 3.09. The molecule has 2 aromatic carbocycles. The number of hydrogen-bond donors (Lipinski definition) is 5. The number of nitrogen functional groups attached to an aromatic ring is 1. The van der Waals surface area contributed by atoms with Gasteiger partial charge in [0.05, 0.1) is 12.5 Å². The number of carboxylic acid groups (broad SMARTS) is 2. The van der Waals surface area contributed by atoms with Crippen LogP contribution in [0.1, 0.15) is 38.3 Å². The first-order valence-corrected chi connectivity index (χ1v) is 10.6. The lowest BCUT2D eigenvalue weighted by Crippen LogP contribution is -2.40. The first-order valence-electron chi connectivity index (χ1n) is 10.6. The molecule has 2 rings (SSSR count). The number of ketones is 1. The molecule has 12 nitrogen and oxygen atoms in total. The lowest BCUT2D eigenvalue weighted by atomic mass is 10.0. The van der Waals surface area contributed by atoms with Gasteiger partial charge in [0, 0.05) is 42.8 Å². The Morgan fingerprint density at radius 2 is 1.58 bits per heavy atom. The standard InChI is InChI=1S/C24H26N4O8/c1-28(2)23(33)14-5-3-13(4-6-14)22(32)27-17(11-20(30)31)12-36-19-10-16(21(25)26)8-7-15(19)9-18(29)24(34)35/h3-8,10,17H,9,11-12H2,1-2H3,(H3,25,26)(H,27,32)(H,30,31)(H,34,35)/t17-/m1/s1. The molecule has 0 heterocycles. The molecule has 0 aliphatic rings. The topological polar surface area (TPSA) is 200 Å². The molecule has 12 heteroatoms. The van der Waals surface area contributed by atoms with Crippen LogP contribution >= 0.6 is 0 Å². The number of rotatable bonds is 12. The summed E-state index contributed by atoms with van der Waals surface area (Å²) in [5.41, 5.74) is 6.47. The highest BCUT2D eigenvalue weighted by Crippen LogP contribution is 2.22. The zero-order valence-electron chi connectivity index (χ0n) is 19.6. The van der Waals surface area contributed by atoms with Crippen LogP contribution in [-0.4, -0.2) is 77.2 Å². The number of carbonyl (C=O) groups excluding carboxylic acids is 3. The zero-order valence-corrected chi connectivity index (χ0v) is 19.6. The Morgan fingerprint density at radius 3 is 2.11 bits per heavy atom. The van der Waals surface area contributed by atoms with Crippen LogP contribution in [0.15, 0.2) is 42.5 Å². The summed E-state index contributed by atoms with van der Waals surface area (Å²) >= 11 is 0. The normalized spacial score (nSPS) is 11.2. The van der Waals surface area contributed by atoms with Crippen LogP contribution < -0.4 is 15.8 Å². The summed E-state index contributed by atoms with van der Waals surface area (Å²) in [5, 5.41) is 28.3. The van der Waals surface area contributed by atoms with E-state index >= 15 is 0 Å². The highest BCUT2D eigenvalue weighted by Gasteiger charge is 2.21. The number of amides is 2. The minimum absolute atomic E-state index is 0.0217. The van der Waals surface area contributed by atoms with Gasteiger partial charge in [-0.15, -0.1) is 0 Å². The third-order valence-electron chi connectivity index (χ3n) is 4.96. The Balaban J connectivity index is 2.21. The number of ether oxygens (including phenoxy) is 1. The van der Waals surface area contributed by atoms with Crippen molar-refractivity contribution in [3.63, 3.8) is 0 Å². The Morgan fingerprint density at radius 1 is 1.00 bits per heavy atom. The largest absolute Gasteiger partial charge is 0.491 e. The van der Waals surface area contributed by atoms with Crippen molar-refractivity contribution in [2.24, 2.45) is 5.73 Å². The van der Waals surface area contributed by atoms with Crippen LogP contribution in [0, 0.1) is 5.41 Å². The van der Waals surface area contributed by atoms with Crippen LogP contribution in [-0.2, 0) is 20.8 Å². The van der Waals surface area contributed by atoms with Crippen LogP contribution in [0.5, 0.6) is 5.75 Å². The maximum atomic E-state index is 12.7. The fraction of sp³-hybridized carbons (Fsp3) is 0.250. The summed E-state index contributed by atoms with van der Waals surface area (Å²) < 4.78 is 5.66. The molecule has 0 radical (unpaired) electrons. The molecule has 2 aromatic rings. The van der Waals surface area contributed by atoms with E-state index in [4.69, 9.17) is 21.0 Å². The number of amidine groups is 1. The second-order valence-corrected chi connectivity index (χ2v) is 8.00. The molecule has 0 unspecified atom stereocenters. The minimum atomic E-state index is -1.63. The molecule has 36 heavy (non-hydrogen) atoms. The Hall–Kier alpha value is -4.74. The van der Waals surface area contributed by atoms with Gasteiger partial charge in [0.1, 0.15) is 18.2 Å². The third kappa shape index (κ3) is 7.65. The van der Waals surface area contributed by atoms with E-state index in [1.807, 2.05) is 0 Å². The van der Waals surface area contributed by atoms with Gasteiger partial charge in [0.25, 0.3) is 11.8 Å². The van der Waals surface area contributed by atoms with Crippen LogP contribution in [0.25, 0.3) is 0 Å². The van der Waals surface area contributed by atoms with E-state index in [2.05, 4.69) is 5.32 Å². The fourth-order valence-electron chi connectivity index (χ4n) is 3.09. The second-order valence-electron chi connectivity index (χ2n) is 8.00. The molecular formula is C24H26N4O8. The van der Waals surface area contributed by atoms with Gasteiger partial charge < -0.3 is 30.9 Å². The number of nitrogens with zero attached hydrogens (tertiary/aromatic N) is 1. The molecular weight excluding hydrogens is 472 g/mol. The van der Waals surface area contributed by atoms with E-state index in [9.17, 15) is 29.1 Å². The van der Waals surface area contributed by atoms with Gasteiger partial charge in [-0.2, -0.15) is 0 Å². The van der Waals surface area contributed by atoms with E-state index in [-0.39, 0.29) is 40.8 Å². The van der Waals surface area contributed by atoms with E-state index in [0.717, 1.165) is 0 Å². The van der Waals surface area contributed by atoms with Crippen molar-refractivity contribution in [2.75, 3.05) is 20.7 Å². The third-order valence-corrected chi connectivity index (χ3v) is 4.96. The first-order chi connectivity index (χ1) is 16.9. The van der Waals surface area contributed by atoms with Crippen molar-refractivity contribution >= 4 is 35.4 Å². The predicted molar refractivity (Wildman–Crippen MR) is 127 cm³/mol. The summed E-state index contributed by atoms with van der Waals surface area (Å²) in [7, 11) is 3.18. The second kappa shape index (κ2) is 12.1. The van der Waals surface area contributed by atoms with E-state index in [1.54, 1.807) is 14.1 Å². The molecule has 6 N–H and O–H groups in total. The zero-order chi connectivity index (χ0) is 27.0. The summed E-state index contributed by atoms with van der Waals surface area (Å²) in [6.45, 7) is -0.342. The summed E-state index contributed by atoms with van der Waals surface area (Å²) in [6, 6.07) is 8.91. The molecule has 0 saturated carbocycles. The van der Waals surface area contributed by atoms with Crippen molar-refractivity contribution in [2.45, 2.75) is 18.9 Å². The van der Waals surface area contributed by atoms with Crippen molar-refractivity contribution in [1.82, 2.24) is 10.2 Å².